The number of amides is 2. The number of likely N-dealkylation sites (tertiary alicyclic amines) is 1. The fourth-order valence-corrected chi connectivity index (χ4v) is 5.17. The monoisotopic (exact) mass is 497 g/mol. The SMILES string of the molecule is CC(C)c1ccccc1NC(=O)CSc1nnc(C2CCCN2C(=O)c2ccccc2Cl)n1C. The molecule has 1 N–H and O–H groups in total. The number of nitrogens with zero attached hydrogens (tertiary/aromatic N) is 4. The zero-order chi connectivity index (χ0) is 24.2. The van der Waals surface area contributed by atoms with Crippen LogP contribution in [-0.2, 0) is 11.8 Å². The molecule has 1 fully saturated rings. The van der Waals surface area contributed by atoms with E-state index in [0.717, 1.165) is 24.1 Å². The molecule has 0 bridgehead atoms. The molecule has 1 unspecified atom stereocenters. The van der Waals surface area contributed by atoms with Crippen LogP contribution in [-0.4, -0.2) is 43.8 Å². The third kappa shape index (κ3) is 5.13. The van der Waals surface area contributed by atoms with Crippen LogP contribution in [0.15, 0.2) is 53.7 Å². The number of carbonyl (C=O) groups excluding carboxylic acids is 2. The predicted molar refractivity (Wildman–Crippen MR) is 135 cm³/mol. The summed E-state index contributed by atoms with van der Waals surface area (Å²) < 4.78 is 1.88. The number of carbonyl (C=O) groups is 2. The van der Waals surface area contributed by atoms with E-state index in [2.05, 4.69) is 29.4 Å². The van der Waals surface area contributed by atoms with Crippen molar-refractivity contribution in [3.8, 4) is 0 Å². The second-order valence-corrected chi connectivity index (χ2v) is 9.96. The van der Waals surface area contributed by atoms with Gasteiger partial charge in [-0.25, -0.2) is 0 Å². The van der Waals surface area contributed by atoms with Gasteiger partial charge in [0.2, 0.25) is 5.91 Å². The van der Waals surface area contributed by atoms with Crippen molar-refractivity contribution in [2.24, 2.45) is 7.05 Å². The van der Waals surface area contributed by atoms with Gasteiger partial charge in [-0.3, -0.25) is 9.59 Å². The van der Waals surface area contributed by atoms with E-state index < -0.39 is 0 Å². The minimum absolute atomic E-state index is 0.0981. The van der Waals surface area contributed by atoms with Gasteiger partial charge in [0.15, 0.2) is 11.0 Å². The molecule has 1 saturated heterocycles. The van der Waals surface area contributed by atoms with E-state index in [9.17, 15) is 9.59 Å². The molecule has 9 heteroatoms. The smallest absolute Gasteiger partial charge is 0.255 e. The summed E-state index contributed by atoms with van der Waals surface area (Å²) in [6.45, 7) is 4.84. The van der Waals surface area contributed by atoms with Gasteiger partial charge in [-0.2, -0.15) is 0 Å². The van der Waals surface area contributed by atoms with Gasteiger partial charge >= 0.3 is 0 Å². The zero-order valence-corrected chi connectivity index (χ0v) is 21.1. The molecule has 34 heavy (non-hydrogen) atoms. The first-order chi connectivity index (χ1) is 16.4. The average Bonchev–Trinajstić information content (AvgIpc) is 3.44. The van der Waals surface area contributed by atoms with Gasteiger partial charge in [0.1, 0.15) is 0 Å². The molecule has 0 radical (unpaired) electrons. The number of halogens is 1. The highest BCUT2D eigenvalue weighted by Crippen LogP contribution is 2.34. The van der Waals surface area contributed by atoms with Crippen molar-refractivity contribution in [2.45, 2.75) is 43.8 Å². The number of benzene rings is 2. The van der Waals surface area contributed by atoms with Crippen LogP contribution < -0.4 is 5.32 Å². The Morgan fingerprint density at radius 1 is 1.15 bits per heavy atom. The van der Waals surface area contributed by atoms with Crippen LogP contribution in [0.3, 0.4) is 0 Å². The van der Waals surface area contributed by atoms with E-state index >= 15 is 0 Å². The number of aromatic nitrogens is 3. The van der Waals surface area contributed by atoms with Crippen LogP contribution in [0.2, 0.25) is 5.02 Å². The average molecular weight is 498 g/mol. The molecule has 1 aliphatic heterocycles. The number of rotatable bonds is 7. The minimum Gasteiger partial charge on any atom is -0.328 e. The molecule has 2 heterocycles. The predicted octanol–water partition coefficient (Wildman–Crippen LogP) is 5.30. The maximum atomic E-state index is 13.2. The first kappa shape index (κ1) is 24.3. The van der Waals surface area contributed by atoms with Gasteiger partial charge in [0.05, 0.1) is 22.4 Å². The van der Waals surface area contributed by atoms with Gasteiger partial charge in [0.25, 0.3) is 5.91 Å². The molecule has 178 valence electrons. The number of hydrogen-bond donors (Lipinski definition) is 1. The third-order valence-electron chi connectivity index (χ3n) is 5.97. The molecule has 2 amide bonds. The third-order valence-corrected chi connectivity index (χ3v) is 7.32. The van der Waals surface area contributed by atoms with Gasteiger partial charge in [0, 0.05) is 19.3 Å². The maximum Gasteiger partial charge on any atom is 0.255 e. The summed E-state index contributed by atoms with van der Waals surface area (Å²) in [4.78, 5) is 27.6. The number of thioether (sulfide) groups is 1. The molecule has 4 rings (SSSR count). The van der Waals surface area contributed by atoms with Crippen molar-refractivity contribution in [2.75, 3.05) is 17.6 Å². The van der Waals surface area contributed by atoms with E-state index in [1.54, 1.807) is 12.1 Å². The molecular weight excluding hydrogens is 470 g/mol. The lowest BCUT2D eigenvalue weighted by Crippen LogP contribution is -2.32. The van der Waals surface area contributed by atoms with Crippen LogP contribution in [0.4, 0.5) is 5.69 Å². The molecule has 3 aromatic rings. The lowest BCUT2D eigenvalue weighted by Gasteiger charge is -2.24. The highest BCUT2D eigenvalue weighted by Gasteiger charge is 2.34. The standard InChI is InChI=1S/C25H28ClN5O2S/c1-16(2)17-9-5-7-12-20(17)27-22(32)15-34-25-29-28-23(30(25)3)21-13-8-14-31(21)24(33)18-10-4-6-11-19(18)26/h4-7,9-12,16,21H,8,13-15H2,1-3H3,(H,27,32). The van der Waals surface area contributed by atoms with Crippen LogP contribution in [0, 0.1) is 0 Å². The van der Waals surface area contributed by atoms with Crippen molar-refractivity contribution in [1.82, 2.24) is 19.7 Å². The Morgan fingerprint density at radius 2 is 1.88 bits per heavy atom. The van der Waals surface area contributed by atoms with Crippen molar-refractivity contribution < 1.29 is 9.59 Å². The summed E-state index contributed by atoms with van der Waals surface area (Å²) in [5.41, 5.74) is 2.43. The molecule has 7 nitrogen and oxygen atoms in total. The van der Waals surface area contributed by atoms with Crippen molar-refractivity contribution in [3.63, 3.8) is 0 Å². The normalized spacial score (nSPS) is 15.7. The first-order valence-corrected chi connectivity index (χ1v) is 12.7. The molecule has 0 saturated carbocycles. The minimum atomic E-state index is -0.178. The zero-order valence-electron chi connectivity index (χ0n) is 19.5. The molecular formula is C25H28ClN5O2S. The van der Waals surface area contributed by atoms with Crippen LogP contribution in [0.5, 0.6) is 0 Å². The maximum absolute atomic E-state index is 13.2. The quantitative estimate of drug-likeness (QED) is 0.448. The van der Waals surface area contributed by atoms with E-state index in [4.69, 9.17) is 11.6 Å². The Hall–Kier alpha value is -2.84. The fraction of sp³-hybridized carbons (Fsp3) is 0.360. The van der Waals surface area contributed by atoms with Gasteiger partial charge < -0.3 is 14.8 Å². The van der Waals surface area contributed by atoms with Gasteiger partial charge in [-0.05, 0) is 42.5 Å². The van der Waals surface area contributed by atoms with Crippen molar-refractivity contribution in [1.29, 1.82) is 0 Å². The van der Waals surface area contributed by atoms with Crippen LogP contribution in [0.1, 0.15) is 60.4 Å². The topological polar surface area (TPSA) is 80.1 Å². The number of anilines is 1. The van der Waals surface area contributed by atoms with Gasteiger partial charge in [-0.1, -0.05) is 67.5 Å². The number of hydrogen-bond acceptors (Lipinski definition) is 5. The largest absolute Gasteiger partial charge is 0.328 e. The highest BCUT2D eigenvalue weighted by atomic mass is 35.5. The summed E-state index contributed by atoms with van der Waals surface area (Å²) in [7, 11) is 1.88. The number of nitrogens with one attached hydrogen (secondary N) is 1. The molecule has 2 aromatic carbocycles. The van der Waals surface area contributed by atoms with Crippen molar-refractivity contribution >= 4 is 40.9 Å². The van der Waals surface area contributed by atoms with Crippen molar-refractivity contribution in [3.05, 3.63) is 70.5 Å². The summed E-state index contributed by atoms with van der Waals surface area (Å²) in [6.07, 6.45) is 1.69. The fourth-order valence-electron chi connectivity index (χ4n) is 4.24. The van der Waals surface area contributed by atoms with Crippen LogP contribution in [0.25, 0.3) is 0 Å². The summed E-state index contributed by atoms with van der Waals surface area (Å²) in [6, 6.07) is 14.8. The highest BCUT2D eigenvalue weighted by molar-refractivity contribution is 7.99. The lowest BCUT2D eigenvalue weighted by molar-refractivity contribution is -0.113. The lowest BCUT2D eigenvalue weighted by atomic mass is 10.0. The van der Waals surface area contributed by atoms with E-state index in [1.165, 1.54) is 11.8 Å². The Kier molecular flexibility index (Phi) is 7.58. The Bertz CT molecular complexity index is 1200. The molecule has 1 aliphatic rings. The Labute approximate surface area is 208 Å². The molecule has 0 spiro atoms. The Balaban J connectivity index is 1.43. The molecule has 0 aliphatic carbocycles. The summed E-state index contributed by atoms with van der Waals surface area (Å²) in [5.74, 6) is 1.04. The second kappa shape index (κ2) is 10.6. The van der Waals surface area contributed by atoms with Crippen LogP contribution >= 0.6 is 23.4 Å². The van der Waals surface area contributed by atoms with E-state index in [0.29, 0.717) is 34.0 Å². The second-order valence-electron chi connectivity index (χ2n) is 8.62. The summed E-state index contributed by atoms with van der Waals surface area (Å²) in [5, 5.41) is 12.8. The van der Waals surface area contributed by atoms with E-state index in [-0.39, 0.29) is 23.6 Å². The van der Waals surface area contributed by atoms with E-state index in [1.807, 2.05) is 52.9 Å². The summed E-state index contributed by atoms with van der Waals surface area (Å²) >= 11 is 7.59. The number of para-hydroxylation sites is 1. The molecule has 1 atom stereocenters. The Morgan fingerprint density at radius 3 is 2.65 bits per heavy atom. The first-order valence-electron chi connectivity index (χ1n) is 11.3. The molecule has 1 aromatic heterocycles. The van der Waals surface area contributed by atoms with Gasteiger partial charge in [-0.15, -0.1) is 10.2 Å².